The molecule has 14 heteroatoms. The first kappa shape index (κ1) is 34.2. The van der Waals surface area contributed by atoms with E-state index in [9.17, 15) is 18.0 Å². The number of carbonyl (C=O) groups excluding carboxylic acids is 2. The van der Waals surface area contributed by atoms with Crippen LogP contribution in [0.15, 0.2) is 76.6 Å². The molecule has 0 aliphatic carbocycles. The van der Waals surface area contributed by atoms with Crippen molar-refractivity contribution in [3.8, 4) is 5.75 Å². The van der Waals surface area contributed by atoms with E-state index in [1.807, 2.05) is 36.1 Å². The Hall–Kier alpha value is -3.68. The number of piperazine rings is 1. The molecule has 11 nitrogen and oxygen atoms in total. The predicted molar refractivity (Wildman–Crippen MR) is 185 cm³/mol. The maximum absolute atomic E-state index is 14.7. The van der Waals surface area contributed by atoms with E-state index in [4.69, 9.17) is 38.7 Å². The van der Waals surface area contributed by atoms with Gasteiger partial charge in [0.2, 0.25) is 15.9 Å². The Morgan fingerprint density at radius 1 is 0.875 bits per heavy atom. The average Bonchev–Trinajstić information content (AvgIpc) is 3.76. The summed E-state index contributed by atoms with van der Waals surface area (Å²) in [5.41, 5.74) is 7.57. The zero-order chi connectivity index (χ0) is 34.0. The molecule has 0 radical (unpaired) electrons. The van der Waals surface area contributed by atoms with E-state index in [2.05, 4.69) is 0 Å². The van der Waals surface area contributed by atoms with Crippen LogP contribution in [0.3, 0.4) is 0 Å². The first-order valence-corrected chi connectivity index (χ1v) is 18.2. The zero-order valence-corrected chi connectivity index (χ0v) is 28.9. The first-order valence-electron chi connectivity index (χ1n) is 16.0. The number of amidine groups is 1. The molecule has 3 heterocycles. The molecule has 0 saturated carbocycles. The van der Waals surface area contributed by atoms with Crippen molar-refractivity contribution >= 4 is 51.0 Å². The maximum atomic E-state index is 14.7. The number of amides is 3. The smallest absolute Gasteiger partial charge is 0.326 e. The number of hydrogen-bond donors (Lipinski definition) is 1. The number of primary amides is 1. The largest absolute Gasteiger partial charge is 0.493 e. The third-order valence-corrected chi connectivity index (χ3v) is 11.3. The number of benzene rings is 3. The van der Waals surface area contributed by atoms with E-state index in [0.29, 0.717) is 66.5 Å². The number of nitrogens with zero attached hydrogens (tertiary/aromatic N) is 5. The van der Waals surface area contributed by atoms with Crippen molar-refractivity contribution < 1.29 is 22.7 Å². The Kier molecular flexibility index (Phi) is 10.3. The number of carbonyl (C=O) groups is 2. The molecule has 3 aromatic rings. The minimum absolute atomic E-state index is 0.120. The highest BCUT2D eigenvalue weighted by atomic mass is 35.5. The van der Waals surface area contributed by atoms with Crippen LogP contribution in [-0.4, -0.2) is 97.6 Å². The van der Waals surface area contributed by atoms with Gasteiger partial charge >= 0.3 is 6.03 Å². The molecule has 0 unspecified atom stereocenters. The van der Waals surface area contributed by atoms with Crippen LogP contribution in [0, 0.1) is 0 Å². The minimum atomic E-state index is -3.73. The van der Waals surface area contributed by atoms with Crippen molar-refractivity contribution in [2.75, 3.05) is 52.4 Å². The third-order valence-electron chi connectivity index (χ3n) is 8.91. The molecule has 2 N–H and O–H groups in total. The SMILES string of the molecule is CCOc1cc(S(=O)(=O)N2CCCC2)ccc1C1=N[C@@H](c2ccc(Cl)cc2)[C@@H](c2ccc(Cl)cc2)N1C(=O)N1CCN(CC(N)=O)CC1. The van der Waals surface area contributed by atoms with Crippen LogP contribution >= 0.6 is 23.2 Å². The van der Waals surface area contributed by atoms with Crippen LogP contribution < -0.4 is 10.5 Å². The van der Waals surface area contributed by atoms with Gasteiger partial charge in [0.1, 0.15) is 17.6 Å². The predicted octanol–water partition coefficient (Wildman–Crippen LogP) is 4.94. The summed E-state index contributed by atoms with van der Waals surface area (Å²) in [6, 6.07) is 18.1. The summed E-state index contributed by atoms with van der Waals surface area (Å²) in [4.78, 5) is 37.0. The summed E-state index contributed by atoms with van der Waals surface area (Å²) in [5, 5.41) is 1.12. The van der Waals surface area contributed by atoms with E-state index < -0.39 is 28.0 Å². The van der Waals surface area contributed by atoms with Crippen LogP contribution in [-0.2, 0) is 14.8 Å². The Morgan fingerprint density at radius 3 is 2.06 bits per heavy atom. The molecule has 6 rings (SSSR count). The van der Waals surface area contributed by atoms with Gasteiger partial charge in [0, 0.05) is 55.4 Å². The van der Waals surface area contributed by atoms with Gasteiger partial charge in [0.05, 0.1) is 29.7 Å². The lowest BCUT2D eigenvalue weighted by molar-refractivity contribution is -0.119. The number of nitrogens with two attached hydrogens (primary N) is 1. The standard InChI is InChI=1S/C34H38Cl2N6O5S/c1-2-47-29-21-27(48(45,46)41-15-3-4-16-41)13-14-28(29)33-38-31(23-5-9-25(35)10-6-23)32(24-7-11-26(36)12-8-24)42(33)34(44)40-19-17-39(18-20-40)22-30(37)43/h5-14,21,31-32H,2-4,15-20,22H2,1H3,(H2,37,43)/t31-,32+/m0/s1. The fourth-order valence-corrected chi connectivity index (χ4v) is 8.31. The molecule has 48 heavy (non-hydrogen) atoms. The van der Waals surface area contributed by atoms with Gasteiger partial charge in [0.25, 0.3) is 0 Å². The maximum Gasteiger partial charge on any atom is 0.326 e. The molecule has 0 bridgehead atoms. The number of sulfonamides is 1. The first-order chi connectivity index (χ1) is 23.1. The number of ether oxygens (including phenoxy) is 1. The number of hydrogen-bond acceptors (Lipinski definition) is 7. The summed E-state index contributed by atoms with van der Waals surface area (Å²) in [5.74, 6) is 0.247. The lowest BCUT2D eigenvalue weighted by atomic mass is 9.93. The van der Waals surface area contributed by atoms with Gasteiger partial charge in [-0.1, -0.05) is 47.5 Å². The number of halogens is 2. The van der Waals surface area contributed by atoms with Crippen LogP contribution in [0.4, 0.5) is 4.79 Å². The Bertz CT molecular complexity index is 1790. The van der Waals surface area contributed by atoms with Gasteiger partial charge < -0.3 is 15.4 Å². The van der Waals surface area contributed by atoms with Crippen molar-refractivity contribution in [3.63, 3.8) is 0 Å². The zero-order valence-electron chi connectivity index (χ0n) is 26.6. The van der Waals surface area contributed by atoms with E-state index >= 15 is 0 Å². The average molecular weight is 714 g/mol. The molecule has 3 aromatic carbocycles. The van der Waals surface area contributed by atoms with Crippen molar-refractivity contribution in [3.05, 3.63) is 93.5 Å². The number of urea groups is 1. The molecule has 0 spiro atoms. The number of rotatable bonds is 9. The van der Waals surface area contributed by atoms with Gasteiger partial charge in [-0.2, -0.15) is 4.31 Å². The van der Waals surface area contributed by atoms with Crippen molar-refractivity contribution in [2.45, 2.75) is 36.7 Å². The summed E-state index contributed by atoms with van der Waals surface area (Å²) in [7, 11) is -3.73. The van der Waals surface area contributed by atoms with Gasteiger partial charge in [-0.15, -0.1) is 0 Å². The lowest BCUT2D eigenvalue weighted by Gasteiger charge is -2.38. The Morgan fingerprint density at radius 2 is 1.48 bits per heavy atom. The fraction of sp³-hybridized carbons (Fsp3) is 0.382. The second-order valence-electron chi connectivity index (χ2n) is 12.0. The second-order valence-corrected chi connectivity index (χ2v) is 14.8. The molecule has 3 aliphatic heterocycles. The number of aliphatic imine (C=N–C) groups is 1. The molecule has 3 amide bonds. The van der Waals surface area contributed by atoms with Crippen LogP contribution in [0.5, 0.6) is 5.75 Å². The molecule has 0 aromatic heterocycles. The Balaban J connectivity index is 1.47. The van der Waals surface area contributed by atoms with Gasteiger partial charge in [-0.05, 0) is 67.3 Å². The second kappa shape index (κ2) is 14.4. The van der Waals surface area contributed by atoms with Gasteiger partial charge in [-0.3, -0.25) is 19.6 Å². The van der Waals surface area contributed by atoms with E-state index in [-0.39, 0.29) is 24.1 Å². The van der Waals surface area contributed by atoms with E-state index in [1.165, 1.54) is 10.4 Å². The molecule has 254 valence electrons. The van der Waals surface area contributed by atoms with Crippen molar-refractivity contribution in [2.24, 2.45) is 10.7 Å². The van der Waals surface area contributed by atoms with Gasteiger partial charge in [-0.25, -0.2) is 13.2 Å². The molecular formula is C34H38Cl2N6O5S. The summed E-state index contributed by atoms with van der Waals surface area (Å²) in [6.45, 7) is 4.87. The van der Waals surface area contributed by atoms with Crippen LogP contribution in [0.1, 0.15) is 48.5 Å². The summed E-state index contributed by atoms with van der Waals surface area (Å²) >= 11 is 12.6. The molecular weight excluding hydrogens is 675 g/mol. The normalized spacial score (nSPS) is 20.6. The topological polar surface area (TPSA) is 129 Å². The van der Waals surface area contributed by atoms with Crippen LogP contribution in [0.25, 0.3) is 0 Å². The monoisotopic (exact) mass is 712 g/mol. The highest BCUT2D eigenvalue weighted by molar-refractivity contribution is 7.89. The quantitative estimate of drug-likeness (QED) is 0.335. The third kappa shape index (κ3) is 7.04. The summed E-state index contributed by atoms with van der Waals surface area (Å²) in [6.07, 6.45) is 1.64. The van der Waals surface area contributed by atoms with E-state index in [1.54, 1.807) is 46.2 Å². The van der Waals surface area contributed by atoms with E-state index in [0.717, 1.165) is 24.0 Å². The highest BCUT2D eigenvalue weighted by Gasteiger charge is 2.45. The fourth-order valence-electron chi connectivity index (χ4n) is 6.52. The van der Waals surface area contributed by atoms with Crippen LogP contribution in [0.2, 0.25) is 10.0 Å². The molecule has 2 atom stereocenters. The summed E-state index contributed by atoms with van der Waals surface area (Å²) < 4.78 is 34.7. The minimum Gasteiger partial charge on any atom is -0.493 e. The highest BCUT2D eigenvalue weighted by Crippen LogP contribution is 2.46. The van der Waals surface area contributed by atoms with Crippen molar-refractivity contribution in [1.82, 2.24) is 19.0 Å². The molecule has 2 saturated heterocycles. The van der Waals surface area contributed by atoms with Gasteiger partial charge in [0.15, 0.2) is 0 Å². The molecule has 3 aliphatic rings. The molecule has 2 fully saturated rings. The van der Waals surface area contributed by atoms with Crippen molar-refractivity contribution in [1.29, 1.82) is 0 Å². The Labute approximate surface area is 290 Å². The lowest BCUT2D eigenvalue weighted by Crippen LogP contribution is -2.55.